The van der Waals surface area contributed by atoms with E-state index in [1.807, 2.05) is 4.98 Å². The number of aliphatic hydroxyl groups excluding tert-OH is 3. The van der Waals surface area contributed by atoms with Crippen molar-refractivity contribution in [1.29, 1.82) is 0 Å². The largest absolute Gasteiger partial charge is 0.395 e. The molecule has 0 bridgehead atoms. The molecule has 0 spiro atoms. The number of nitrogens with two attached hydrogens (primary N) is 2. The summed E-state index contributed by atoms with van der Waals surface area (Å²) in [5, 5.41) is 30.0. The molecule has 1 aromatic heterocycles. The van der Waals surface area contributed by atoms with E-state index in [0.717, 1.165) is 4.57 Å². The Hall–Kier alpha value is -1.83. The van der Waals surface area contributed by atoms with E-state index in [1.54, 1.807) is 0 Å². The fourth-order valence-electron chi connectivity index (χ4n) is 1.95. The number of hydrogen-bond acceptors (Lipinski definition) is 9. The van der Waals surface area contributed by atoms with Gasteiger partial charge in [-0.1, -0.05) is 0 Å². The lowest BCUT2D eigenvalue weighted by Crippen LogP contribution is -2.55. The molecule has 12 heteroatoms. The van der Waals surface area contributed by atoms with Gasteiger partial charge in [0.1, 0.15) is 0 Å². The van der Waals surface area contributed by atoms with Crippen molar-refractivity contribution in [2.24, 2.45) is 11.5 Å². The van der Waals surface area contributed by atoms with E-state index in [4.69, 9.17) is 21.7 Å². The zero-order chi connectivity index (χ0) is 18.3. The van der Waals surface area contributed by atoms with Gasteiger partial charge in [0.2, 0.25) is 0 Å². The molecular formula is C12H24N6O6. The van der Waals surface area contributed by atoms with Gasteiger partial charge in [-0.2, -0.15) is 0 Å². The number of aromatic nitrogens is 3. The molecule has 0 aliphatic rings. The number of aliphatic hydroxyl groups is 3. The highest BCUT2D eigenvalue weighted by Gasteiger charge is 2.16. The van der Waals surface area contributed by atoms with E-state index in [-0.39, 0.29) is 26.2 Å². The van der Waals surface area contributed by atoms with Crippen molar-refractivity contribution in [3.8, 4) is 0 Å². The lowest BCUT2D eigenvalue weighted by molar-refractivity contribution is 0.210. The molecule has 0 aliphatic heterocycles. The molecular weight excluding hydrogens is 324 g/mol. The van der Waals surface area contributed by atoms with Gasteiger partial charge in [-0.15, -0.1) is 0 Å². The smallest absolute Gasteiger partial charge is 0.336 e. The van der Waals surface area contributed by atoms with Gasteiger partial charge in [-0.05, 0) is 0 Å². The SMILES string of the molecule is NC(CO)CNC(CO)Cn1c(=O)[nH]c(=O)n(CC(N)CO)c1=O. The molecule has 3 atom stereocenters. The van der Waals surface area contributed by atoms with Crippen LogP contribution in [-0.2, 0) is 13.1 Å². The Bertz CT molecular complexity index is 682. The molecule has 0 aliphatic carbocycles. The van der Waals surface area contributed by atoms with Crippen LogP contribution in [0.15, 0.2) is 14.4 Å². The molecule has 138 valence electrons. The maximum Gasteiger partial charge on any atom is 0.336 e. The highest BCUT2D eigenvalue weighted by molar-refractivity contribution is 4.80. The zero-order valence-corrected chi connectivity index (χ0v) is 13.1. The predicted molar refractivity (Wildman–Crippen MR) is 84.6 cm³/mol. The van der Waals surface area contributed by atoms with Gasteiger partial charge in [0.05, 0.1) is 19.8 Å². The molecule has 3 unspecified atom stereocenters. The summed E-state index contributed by atoms with van der Waals surface area (Å²) in [4.78, 5) is 37.9. The topological polar surface area (TPSA) is 202 Å². The highest BCUT2D eigenvalue weighted by atomic mass is 16.3. The first kappa shape index (κ1) is 20.2. The molecule has 1 aromatic rings. The Kier molecular flexibility index (Phi) is 7.97. The Balaban J connectivity index is 3.05. The lowest BCUT2D eigenvalue weighted by atomic mass is 10.2. The summed E-state index contributed by atoms with van der Waals surface area (Å²) >= 11 is 0. The molecule has 12 nitrogen and oxygen atoms in total. The first-order valence-electron chi connectivity index (χ1n) is 7.35. The minimum absolute atomic E-state index is 0.156. The van der Waals surface area contributed by atoms with Crippen molar-refractivity contribution in [2.45, 2.75) is 31.2 Å². The minimum atomic E-state index is -0.930. The second kappa shape index (κ2) is 9.46. The molecule has 1 heterocycles. The van der Waals surface area contributed by atoms with Gasteiger partial charge in [-0.3, -0.25) is 4.98 Å². The van der Waals surface area contributed by atoms with Crippen molar-refractivity contribution >= 4 is 0 Å². The monoisotopic (exact) mass is 348 g/mol. The average molecular weight is 348 g/mol. The maximum absolute atomic E-state index is 12.3. The van der Waals surface area contributed by atoms with Gasteiger partial charge < -0.3 is 32.1 Å². The summed E-state index contributed by atoms with van der Waals surface area (Å²) < 4.78 is 1.44. The minimum Gasteiger partial charge on any atom is -0.395 e. The summed E-state index contributed by atoms with van der Waals surface area (Å²) in [5.41, 5.74) is 8.29. The highest BCUT2D eigenvalue weighted by Crippen LogP contribution is 1.87. The van der Waals surface area contributed by atoms with Crippen molar-refractivity contribution in [1.82, 2.24) is 19.4 Å². The number of nitrogens with zero attached hydrogens (tertiary/aromatic N) is 2. The van der Waals surface area contributed by atoms with Crippen LogP contribution in [0.25, 0.3) is 0 Å². The van der Waals surface area contributed by atoms with Gasteiger partial charge >= 0.3 is 17.1 Å². The van der Waals surface area contributed by atoms with Gasteiger partial charge in [0.25, 0.3) is 0 Å². The molecule has 0 radical (unpaired) electrons. The van der Waals surface area contributed by atoms with Crippen molar-refractivity contribution in [2.75, 3.05) is 26.4 Å². The van der Waals surface area contributed by atoms with Crippen LogP contribution in [0.5, 0.6) is 0 Å². The molecule has 0 saturated carbocycles. The van der Waals surface area contributed by atoms with Crippen LogP contribution in [0.1, 0.15) is 0 Å². The molecule has 9 N–H and O–H groups in total. The van der Waals surface area contributed by atoms with E-state index >= 15 is 0 Å². The van der Waals surface area contributed by atoms with Crippen molar-refractivity contribution in [3.05, 3.63) is 31.5 Å². The second-order valence-electron chi connectivity index (χ2n) is 5.41. The first-order valence-corrected chi connectivity index (χ1v) is 7.35. The van der Waals surface area contributed by atoms with Crippen LogP contribution in [0.2, 0.25) is 0 Å². The van der Waals surface area contributed by atoms with Gasteiger partial charge in [0.15, 0.2) is 0 Å². The third-order valence-electron chi connectivity index (χ3n) is 3.34. The molecule has 0 aromatic carbocycles. The lowest BCUT2D eigenvalue weighted by Gasteiger charge is -2.19. The van der Waals surface area contributed by atoms with Gasteiger partial charge in [-0.25, -0.2) is 23.5 Å². The Morgan fingerprint density at radius 1 is 0.917 bits per heavy atom. The third-order valence-corrected chi connectivity index (χ3v) is 3.34. The Morgan fingerprint density at radius 3 is 1.96 bits per heavy atom. The van der Waals surface area contributed by atoms with Crippen LogP contribution < -0.4 is 33.9 Å². The molecule has 24 heavy (non-hydrogen) atoms. The third kappa shape index (κ3) is 5.36. The first-order chi connectivity index (χ1) is 11.3. The number of hydrogen-bond donors (Lipinski definition) is 7. The summed E-state index contributed by atoms with van der Waals surface area (Å²) in [7, 11) is 0. The normalized spacial score (nSPS) is 15.2. The number of rotatable bonds is 10. The molecule has 1 rings (SSSR count). The van der Waals surface area contributed by atoms with Crippen molar-refractivity contribution < 1.29 is 15.3 Å². The summed E-state index contributed by atoms with van der Waals surface area (Å²) in [5.74, 6) is 0. The van der Waals surface area contributed by atoms with Crippen LogP contribution in [0, 0.1) is 0 Å². The summed E-state index contributed by atoms with van der Waals surface area (Å²) in [6.07, 6.45) is 0. The van der Waals surface area contributed by atoms with Crippen LogP contribution in [-0.4, -0.2) is 73.9 Å². The zero-order valence-electron chi connectivity index (χ0n) is 13.1. The van der Waals surface area contributed by atoms with Crippen molar-refractivity contribution in [3.63, 3.8) is 0 Å². The van der Waals surface area contributed by atoms with E-state index in [9.17, 15) is 19.5 Å². The van der Waals surface area contributed by atoms with E-state index in [0.29, 0.717) is 4.57 Å². The summed E-state index contributed by atoms with van der Waals surface area (Å²) in [6, 6.07) is -2.10. The fraction of sp³-hybridized carbons (Fsp3) is 0.750. The Labute approximate surface area is 136 Å². The van der Waals surface area contributed by atoms with E-state index in [1.165, 1.54) is 0 Å². The molecule has 0 fully saturated rings. The van der Waals surface area contributed by atoms with Gasteiger partial charge in [0, 0.05) is 37.8 Å². The quantitative estimate of drug-likeness (QED) is 0.215. The van der Waals surface area contributed by atoms with Crippen LogP contribution in [0.4, 0.5) is 0 Å². The molecule has 0 saturated heterocycles. The number of H-pyrrole nitrogens is 1. The van der Waals surface area contributed by atoms with Crippen LogP contribution in [0.3, 0.4) is 0 Å². The maximum atomic E-state index is 12.3. The Morgan fingerprint density at radius 2 is 1.46 bits per heavy atom. The van der Waals surface area contributed by atoms with E-state index < -0.39 is 48.4 Å². The number of aromatic amines is 1. The predicted octanol–water partition coefficient (Wildman–Crippen LogP) is -5.71. The second-order valence-corrected chi connectivity index (χ2v) is 5.41. The number of nitrogens with one attached hydrogen (secondary N) is 2. The summed E-state index contributed by atoms with van der Waals surface area (Å²) in [6.45, 7) is -1.45. The average Bonchev–Trinajstić information content (AvgIpc) is 2.57. The van der Waals surface area contributed by atoms with E-state index in [2.05, 4.69) is 5.32 Å². The molecule has 0 amide bonds. The fourth-order valence-corrected chi connectivity index (χ4v) is 1.95. The standard InChI is InChI=1S/C12H24N6O6/c13-7(4-19)1-15-9(6-21)3-18-11(23)16-10(22)17(12(18)24)2-8(14)5-20/h7-9,15,19-21H,1-6,13-14H2,(H,16,22,23). The van der Waals surface area contributed by atoms with Crippen LogP contribution >= 0.6 is 0 Å².